The first kappa shape index (κ1) is 13.8. The zero-order chi connectivity index (χ0) is 13.9. The van der Waals surface area contributed by atoms with Gasteiger partial charge in [0.25, 0.3) is 0 Å². The Labute approximate surface area is 113 Å². The standard InChI is InChI=1S/C14H21N3O2/c1-10(2)19-12-11(6-4-8-15-12)17-13(18)14(3)7-5-9-16-14/h4,6,8,10,16H,5,7,9H2,1-3H3,(H,17,18). The van der Waals surface area contributed by atoms with Crippen molar-refractivity contribution in [2.45, 2.75) is 45.3 Å². The number of anilines is 1. The monoisotopic (exact) mass is 263 g/mol. The molecule has 104 valence electrons. The Balaban J connectivity index is 2.12. The maximum Gasteiger partial charge on any atom is 0.244 e. The van der Waals surface area contributed by atoms with Gasteiger partial charge in [-0.25, -0.2) is 4.98 Å². The highest BCUT2D eigenvalue weighted by Gasteiger charge is 2.36. The van der Waals surface area contributed by atoms with Gasteiger partial charge in [-0.1, -0.05) is 0 Å². The molecule has 2 rings (SSSR count). The first-order valence-electron chi connectivity index (χ1n) is 6.69. The number of ether oxygens (including phenoxy) is 1. The Hall–Kier alpha value is -1.62. The van der Waals surface area contributed by atoms with Crippen molar-refractivity contribution >= 4 is 11.6 Å². The van der Waals surface area contributed by atoms with Gasteiger partial charge in [-0.05, 0) is 52.3 Å². The van der Waals surface area contributed by atoms with E-state index in [2.05, 4.69) is 15.6 Å². The zero-order valence-electron chi connectivity index (χ0n) is 11.7. The molecule has 2 heterocycles. The van der Waals surface area contributed by atoms with Crippen molar-refractivity contribution in [2.75, 3.05) is 11.9 Å². The highest BCUT2D eigenvalue weighted by molar-refractivity contribution is 5.98. The van der Waals surface area contributed by atoms with Crippen LogP contribution < -0.4 is 15.4 Å². The average Bonchev–Trinajstić information content (AvgIpc) is 2.79. The smallest absolute Gasteiger partial charge is 0.244 e. The number of hydrogen-bond acceptors (Lipinski definition) is 4. The van der Waals surface area contributed by atoms with Gasteiger partial charge in [-0.3, -0.25) is 4.79 Å². The van der Waals surface area contributed by atoms with E-state index in [9.17, 15) is 4.79 Å². The fraction of sp³-hybridized carbons (Fsp3) is 0.571. The minimum Gasteiger partial charge on any atom is -0.473 e. The van der Waals surface area contributed by atoms with Crippen LogP contribution in [-0.2, 0) is 4.79 Å². The molecule has 1 unspecified atom stereocenters. The van der Waals surface area contributed by atoms with Gasteiger partial charge in [-0.15, -0.1) is 0 Å². The maximum atomic E-state index is 12.3. The first-order valence-corrected chi connectivity index (χ1v) is 6.69. The number of nitrogens with one attached hydrogen (secondary N) is 2. The summed E-state index contributed by atoms with van der Waals surface area (Å²) in [6.07, 6.45) is 3.54. The molecule has 0 spiro atoms. The van der Waals surface area contributed by atoms with E-state index in [1.165, 1.54) is 0 Å². The summed E-state index contributed by atoms with van der Waals surface area (Å²) in [6.45, 7) is 6.67. The van der Waals surface area contributed by atoms with Gasteiger partial charge >= 0.3 is 0 Å². The van der Waals surface area contributed by atoms with Crippen molar-refractivity contribution in [3.8, 4) is 5.88 Å². The summed E-state index contributed by atoms with van der Waals surface area (Å²) in [6, 6.07) is 3.59. The van der Waals surface area contributed by atoms with Crippen LogP contribution in [0.25, 0.3) is 0 Å². The third kappa shape index (κ3) is 3.23. The van der Waals surface area contributed by atoms with Crippen LogP contribution >= 0.6 is 0 Å². The Morgan fingerprint density at radius 3 is 3.00 bits per heavy atom. The van der Waals surface area contributed by atoms with E-state index >= 15 is 0 Å². The molecule has 1 saturated heterocycles. The summed E-state index contributed by atoms with van der Waals surface area (Å²) in [5.74, 6) is 0.430. The number of rotatable bonds is 4. The summed E-state index contributed by atoms with van der Waals surface area (Å²) in [7, 11) is 0. The van der Waals surface area contributed by atoms with Crippen molar-refractivity contribution in [3.63, 3.8) is 0 Å². The molecular formula is C14H21N3O2. The average molecular weight is 263 g/mol. The molecule has 1 atom stereocenters. The number of amides is 1. The molecule has 0 aliphatic carbocycles. The molecule has 5 nitrogen and oxygen atoms in total. The summed E-state index contributed by atoms with van der Waals surface area (Å²) in [5.41, 5.74) is 0.126. The van der Waals surface area contributed by atoms with Crippen LogP contribution in [0.15, 0.2) is 18.3 Å². The highest BCUT2D eigenvalue weighted by Crippen LogP contribution is 2.25. The lowest BCUT2D eigenvalue weighted by Gasteiger charge is -2.23. The van der Waals surface area contributed by atoms with E-state index < -0.39 is 5.54 Å². The Kier molecular flexibility index (Phi) is 4.04. The van der Waals surface area contributed by atoms with Gasteiger partial charge in [0, 0.05) is 6.20 Å². The Morgan fingerprint density at radius 1 is 1.58 bits per heavy atom. The molecule has 19 heavy (non-hydrogen) atoms. The first-order chi connectivity index (χ1) is 9.01. The van der Waals surface area contributed by atoms with E-state index in [-0.39, 0.29) is 12.0 Å². The van der Waals surface area contributed by atoms with Crippen molar-refractivity contribution in [1.82, 2.24) is 10.3 Å². The predicted molar refractivity (Wildman–Crippen MR) is 74.3 cm³/mol. The lowest BCUT2D eigenvalue weighted by Crippen LogP contribution is -2.48. The molecule has 1 fully saturated rings. The van der Waals surface area contributed by atoms with Gasteiger partial charge in [0.1, 0.15) is 5.69 Å². The molecule has 0 aromatic carbocycles. The molecule has 2 N–H and O–H groups in total. The minimum absolute atomic E-state index is 0.0192. The Morgan fingerprint density at radius 2 is 2.37 bits per heavy atom. The largest absolute Gasteiger partial charge is 0.473 e. The fourth-order valence-corrected chi connectivity index (χ4v) is 2.15. The van der Waals surface area contributed by atoms with Crippen LogP contribution in [0, 0.1) is 0 Å². The zero-order valence-corrected chi connectivity index (χ0v) is 11.7. The van der Waals surface area contributed by atoms with E-state index in [1.807, 2.05) is 20.8 Å². The van der Waals surface area contributed by atoms with Crippen molar-refractivity contribution in [2.24, 2.45) is 0 Å². The molecule has 1 aliphatic heterocycles. The SMILES string of the molecule is CC(C)Oc1ncccc1NC(=O)C1(C)CCCN1. The predicted octanol–water partition coefficient (Wildman–Crippen LogP) is 1.95. The molecule has 5 heteroatoms. The van der Waals surface area contributed by atoms with Crippen LogP contribution in [0.2, 0.25) is 0 Å². The maximum absolute atomic E-state index is 12.3. The van der Waals surface area contributed by atoms with Crippen LogP contribution in [0.1, 0.15) is 33.6 Å². The summed E-state index contributed by atoms with van der Waals surface area (Å²) in [5, 5.41) is 6.15. The molecule has 1 amide bonds. The highest BCUT2D eigenvalue weighted by atomic mass is 16.5. The second kappa shape index (κ2) is 5.57. The van der Waals surface area contributed by atoms with Crippen LogP contribution in [-0.4, -0.2) is 29.1 Å². The number of pyridine rings is 1. The van der Waals surface area contributed by atoms with E-state index in [0.29, 0.717) is 11.6 Å². The summed E-state index contributed by atoms with van der Waals surface area (Å²) in [4.78, 5) is 16.5. The molecule has 1 aliphatic rings. The number of carbonyl (C=O) groups is 1. The normalized spacial score (nSPS) is 22.5. The number of nitrogens with zero attached hydrogens (tertiary/aromatic N) is 1. The number of aromatic nitrogens is 1. The lowest BCUT2D eigenvalue weighted by atomic mass is 9.99. The molecule has 0 radical (unpaired) electrons. The van der Waals surface area contributed by atoms with E-state index in [0.717, 1.165) is 19.4 Å². The second-order valence-corrected chi connectivity index (χ2v) is 5.34. The van der Waals surface area contributed by atoms with Gasteiger partial charge in [0.2, 0.25) is 11.8 Å². The summed E-state index contributed by atoms with van der Waals surface area (Å²) >= 11 is 0. The quantitative estimate of drug-likeness (QED) is 0.871. The third-order valence-corrected chi connectivity index (χ3v) is 3.24. The molecule has 0 bridgehead atoms. The van der Waals surface area contributed by atoms with Crippen molar-refractivity contribution in [1.29, 1.82) is 0 Å². The third-order valence-electron chi connectivity index (χ3n) is 3.24. The molecule has 1 aromatic rings. The van der Waals surface area contributed by atoms with Gasteiger partial charge in [0.15, 0.2) is 0 Å². The minimum atomic E-state index is -0.495. The van der Waals surface area contributed by atoms with Crippen LogP contribution in [0.5, 0.6) is 5.88 Å². The van der Waals surface area contributed by atoms with E-state index in [4.69, 9.17) is 4.74 Å². The van der Waals surface area contributed by atoms with Crippen LogP contribution in [0.4, 0.5) is 5.69 Å². The second-order valence-electron chi connectivity index (χ2n) is 5.34. The van der Waals surface area contributed by atoms with Crippen molar-refractivity contribution < 1.29 is 9.53 Å². The topological polar surface area (TPSA) is 63.2 Å². The van der Waals surface area contributed by atoms with E-state index in [1.54, 1.807) is 18.3 Å². The van der Waals surface area contributed by atoms with Crippen molar-refractivity contribution in [3.05, 3.63) is 18.3 Å². The fourth-order valence-electron chi connectivity index (χ4n) is 2.15. The number of hydrogen-bond donors (Lipinski definition) is 2. The number of carbonyl (C=O) groups excluding carboxylic acids is 1. The van der Waals surface area contributed by atoms with Gasteiger partial charge in [-0.2, -0.15) is 0 Å². The summed E-state index contributed by atoms with van der Waals surface area (Å²) < 4.78 is 5.60. The van der Waals surface area contributed by atoms with Gasteiger partial charge < -0.3 is 15.4 Å². The van der Waals surface area contributed by atoms with Crippen LogP contribution in [0.3, 0.4) is 0 Å². The molecule has 0 saturated carbocycles. The molecular weight excluding hydrogens is 242 g/mol. The Bertz CT molecular complexity index is 454. The molecule has 1 aromatic heterocycles. The lowest BCUT2D eigenvalue weighted by molar-refractivity contribution is -0.121. The van der Waals surface area contributed by atoms with Gasteiger partial charge in [0.05, 0.1) is 11.6 Å².